The van der Waals surface area contributed by atoms with E-state index in [0.29, 0.717) is 19.4 Å². The Hall–Kier alpha value is -3.67. The van der Waals surface area contributed by atoms with Gasteiger partial charge in [-0.25, -0.2) is 9.78 Å². The maximum atomic E-state index is 14.1. The lowest BCUT2D eigenvalue weighted by atomic mass is 10.1. The summed E-state index contributed by atoms with van der Waals surface area (Å²) < 4.78 is 65.2. The number of fused-ring (bicyclic) bond motifs is 5. The van der Waals surface area contributed by atoms with Crippen LogP contribution in [0.3, 0.4) is 0 Å². The molecule has 0 aliphatic carbocycles. The van der Waals surface area contributed by atoms with Gasteiger partial charge in [0.15, 0.2) is 5.69 Å². The lowest BCUT2D eigenvalue weighted by Gasteiger charge is -2.22. The average Bonchev–Trinajstić information content (AvgIpc) is 3.34. The minimum Gasteiger partial charge on any atom is -0.474 e. The summed E-state index contributed by atoms with van der Waals surface area (Å²) in [5.74, 6) is -0.681. The number of alkyl halides is 3. The predicted octanol–water partition coefficient (Wildman–Crippen LogP) is 7.49. The second-order valence-corrected chi connectivity index (χ2v) is 10.7. The Morgan fingerprint density at radius 1 is 1.07 bits per heavy atom. The van der Waals surface area contributed by atoms with Crippen molar-refractivity contribution in [1.82, 2.24) is 15.2 Å². The first-order chi connectivity index (χ1) is 18.9. The van der Waals surface area contributed by atoms with Crippen LogP contribution in [-0.2, 0) is 22.3 Å². The van der Waals surface area contributed by atoms with E-state index in [1.165, 1.54) is 0 Å². The van der Waals surface area contributed by atoms with Crippen molar-refractivity contribution in [3.05, 3.63) is 53.4 Å². The summed E-state index contributed by atoms with van der Waals surface area (Å²) in [6.07, 6.45) is -3.44. The van der Waals surface area contributed by atoms with Gasteiger partial charge in [0.1, 0.15) is 17.3 Å². The molecule has 0 spiro atoms. The molecule has 3 heterocycles. The SMILES string of the molecule is CC1CCCCCC(OCc2ccccc2)c2nnc(o2)-c2nc(c(C(F)(F)F)cc2NC(=O)OC(C)(C)C)O1. The highest BCUT2D eigenvalue weighted by Gasteiger charge is 2.38. The molecule has 216 valence electrons. The van der Waals surface area contributed by atoms with E-state index in [-0.39, 0.29) is 23.2 Å². The number of pyridine rings is 1. The first kappa shape index (κ1) is 29.3. The molecule has 1 aliphatic heterocycles. The fraction of sp³-hybridized carbons (Fsp3) is 0.500. The number of hydrogen-bond donors (Lipinski definition) is 1. The number of aromatic nitrogens is 3. The normalized spacial score (nSPS) is 18.4. The summed E-state index contributed by atoms with van der Waals surface area (Å²) in [7, 11) is 0. The van der Waals surface area contributed by atoms with Crippen LogP contribution in [0.25, 0.3) is 11.6 Å². The van der Waals surface area contributed by atoms with Gasteiger partial charge in [0.2, 0.25) is 11.8 Å². The van der Waals surface area contributed by atoms with E-state index in [4.69, 9.17) is 18.6 Å². The van der Waals surface area contributed by atoms with E-state index >= 15 is 0 Å². The maximum absolute atomic E-state index is 14.1. The van der Waals surface area contributed by atoms with Gasteiger partial charge in [-0.2, -0.15) is 13.2 Å². The maximum Gasteiger partial charge on any atom is 0.421 e. The number of benzene rings is 1. The van der Waals surface area contributed by atoms with Crippen molar-refractivity contribution in [3.63, 3.8) is 0 Å². The van der Waals surface area contributed by atoms with Crippen LogP contribution in [0.1, 0.15) is 82.9 Å². The number of ether oxygens (including phenoxy) is 3. The fourth-order valence-corrected chi connectivity index (χ4v) is 4.16. The van der Waals surface area contributed by atoms with Crippen LogP contribution in [0.2, 0.25) is 0 Å². The van der Waals surface area contributed by atoms with E-state index in [1.807, 2.05) is 30.3 Å². The standard InChI is InChI=1S/C28H33F3N4O5/c1-17-11-7-5-10-14-21(37-16-18-12-8-6-9-13-18)24-34-35-25(39-24)22-20(32-26(36)40-27(2,3)4)15-19(28(29,30)31)23(33-22)38-17/h6,8-9,12-13,15,17,21H,5,7,10-11,14,16H2,1-4H3,(H,32,36). The molecule has 2 unspecified atom stereocenters. The number of nitrogens with zero attached hydrogens (tertiary/aromatic N) is 3. The molecular formula is C28H33F3N4O5. The third kappa shape index (κ3) is 7.93. The number of carbonyl (C=O) groups excluding carboxylic acids is 1. The van der Waals surface area contributed by atoms with Gasteiger partial charge in [-0.15, -0.1) is 10.2 Å². The molecule has 0 saturated carbocycles. The van der Waals surface area contributed by atoms with E-state index < -0.39 is 41.5 Å². The van der Waals surface area contributed by atoms with Gasteiger partial charge in [-0.1, -0.05) is 43.2 Å². The number of amides is 1. The number of carbonyl (C=O) groups is 1. The van der Waals surface area contributed by atoms with Crippen molar-refractivity contribution in [3.8, 4) is 17.5 Å². The van der Waals surface area contributed by atoms with Crippen molar-refractivity contribution in [2.45, 2.75) is 90.4 Å². The van der Waals surface area contributed by atoms with Gasteiger partial charge in [0, 0.05) is 0 Å². The molecule has 0 saturated heterocycles. The van der Waals surface area contributed by atoms with Gasteiger partial charge in [-0.05, 0) is 58.6 Å². The van der Waals surface area contributed by atoms with Gasteiger partial charge < -0.3 is 18.6 Å². The quantitative estimate of drug-likeness (QED) is 0.348. The van der Waals surface area contributed by atoms with Gasteiger partial charge in [-0.3, -0.25) is 5.32 Å². The summed E-state index contributed by atoms with van der Waals surface area (Å²) in [5, 5.41) is 10.5. The number of anilines is 1. The van der Waals surface area contributed by atoms with Gasteiger partial charge >= 0.3 is 12.3 Å². The summed E-state index contributed by atoms with van der Waals surface area (Å²) in [5.41, 5.74) is -1.57. The molecule has 3 aromatic rings. The topological polar surface area (TPSA) is 109 Å². The Labute approximate surface area is 230 Å². The van der Waals surface area contributed by atoms with Crippen LogP contribution in [0, 0.1) is 0 Å². The Morgan fingerprint density at radius 3 is 2.50 bits per heavy atom. The molecule has 2 aromatic heterocycles. The highest BCUT2D eigenvalue weighted by Crippen LogP contribution is 2.41. The van der Waals surface area contributed by atoms with Gasteiger partial charge in [0.05, 0.1) is 18.4 Å². The molecule has 9 nitrogen and oxygen atoms in total. The number of hydrogen-bond acceptors (Lipinski definition) is 8. The summed E-state index contributed by atoms with van der Waals surface area (Å²) >= 11 is 0. The van der Waals surface area contributed by atoms with E-state index in [9.17, 15) is 18.0 Å². The fourth-order valence-electron chi connectivity index (χ4n) is 4.16. The minimum atomic E-state index is -4.81. The molecular weight excluding hydrogens is 529 g/mol. The largest absolute Gasteiger partial charge is 0.474 e. The molecule has 1 aliphatic rings. The molecule has 12 heteroatoms. The minimum absolute atomic E-state index is 0.156. The lowest BCUT2D eigenvalue weighted by molar-refractivity contribution is -0.139. The van der Waals surface area contributed by atoms with Crippen LogP contribution >= 0.6 is 0 Å². The summed E-state index contributed by atoms with van der Waals surface area (Å²) in [6.45, 7) is 6.90. The van der Waals surface area contributed by atoms with Crippen molar-refractivity contribution < 1.29 is 36.6 Å². The first-order valence-corrected chi connectivity index (χ1v) is 13.2. The number of rotatable bonds is 4. The molecule has 40 heavy (non-hydrogen) atoms. The van der Waals surface area contributed by atoms with Crippen molar-refractivity contribution >= 4 is 11.8 Å². The van der Waals surface area contributed by atoms with Gasteiger partial charge in [0.25, 0.3) is 5.89 Å². The van der Waals surface area contributed by atoms with Crippen LogP contribution in [0.5, 0.6) is 5.88 Å². The Bertz CT molecular complexity index is 1290. The highest BCUT2D eigenvalue weighted by atomic mass is 19.4. The van der Waals surface area contributed by atoms with Crippen LogP contribution in [0.4, 0.5) is 23.7 Å². The van der Waals surface area contributed by atoms with Crippen molar-refractivity contribution in [2.75, 3.05) is 5.32 Å². The second-order valence-electron chi connectivity index (χ2n) is 10.7. The molecule has 0 radical (unpaired) electrons. The van der Waals surface area contributed by atoms with Crippen LogP contribution in [0.15, 0.2) is 40.8 Å². The van der Waals surface area contributed by atoms with Crippen LogP contribution < -0.4 is 10.1 Å². The molecule has 1 N–H and O–H groups in total. The first-order valence-electron chi connectivity index (χ1n) is 13.2. The van der Waals surface area contributed by atoms with Crippen molar-refractivity contribution in [2.24, 2.45) is 0 Å². The highest BCUT2D eigenvalue weighted by molar-refractivity contribution is 5.89. The van der Waals surface area contributed by atoms with E-state index in [1.54, 1.807) is 27.7 Å². The summed E-state index contributed by atoms with van der Waals surface area (Å²) in [6, 6.07) is 10.3. The zero-order valence-corrected chi connectivity index (χ0v) is 22.9. The Morgan fingerprint density at radius 2 is 1.80 bits per heavy atom. The Kier molecular flexibility index (Phi) is 8.97. The molecule has 2 atom stereocenters. The number of halogens is 3. The second kappa shape index (κ2) is 12.2. The lowest BCUT2D eigenvalue weighted by Crippen LogP contribution is -2.27. The third-order valence-corrected chi connectivity index (χ3v) is 6.03. The van der Waals surface area contributed by atoms with Crippen LogP contribution in [-0.4, -0.2) is 33.0 Å². The van der Waals surface area contributed by atoms with E-state index in [0.717, 1.165) is 30.9 Å². The number of nitrogens with one attached hydrogen (secondary N) is 1. The molecule has 4 rings (SSSR count). The zero-order valence-electron chi connectivity index (χ0n) is 22.9. The Balaban J connectivity index is 1.76. The monoisotopic (exact) mass is 562 g/mol. The predicted molar refractivity (Wildman–Crippen MR) is 140 cm³/mol. The molecule has 0 fully saturated rings. The molecule has 4 bridgehead atoms. The smallest absolute Gasteiger partial charge is 0.421 e. The molecule has 1 amide bonds. The third-order valence-electron chi connectivity index (χ3n) is 6.03. The van der Waals surface area contributed by atoms with E-state index in [2.05, 4.69) is 20.5 Å². The zero-order chi connectivity index (χ0) is 28.9. The molecule has 1 aromatic carbocycles. The average molecular weight is 563 g/mol. The summed E-state index contributed by atoms with van der Waals surface area (Å²) in [4.78, 5) is 16.7. The van der Waals surface area contributed by atoms with Crippen molar-refractivity contribution in [1.29, 1.82) is 0 Å².